The van der Waals surface area contributed by atoms with Crippen LogP contribution in [-0.2, 0) is 23.9 Å². The molecule has 0 radical (unpaired) electrons. The van der Waals surface area contributed by atoms with E-state index in [2.05, 4.69) is 0 Å². The van der Waals surface area contributed by atoms with Crippen LogP contribution in [0, 0.1) is 10.1 Å². The number of hydrogen-bond donors (Lipinski definition) is 4. The van der Waals surface area contributed by atoms with Crippen molar-refractivity contribution in [2.75, 3.05) is 0 Å². The molecule has 0 saturated carbocycles. The first-order chi connectivity index (χ1) is 15.1. The number of Topliss-reactive ketones (excluding diaryl/α,β-unsaturated/α-hetero) is 4. The molecule has 2 rings (SSSR count). The lowest BCUT2D eigenvalue weighted by Gasteiger charge is -2.57. The van der Waals surface area contributed by atoms with Crippen LogP contribution in [-0.4, -0.2) is 83.8 Å². The van der Waals surface area contributed by atoms with Gasteiger partial charge in [-0.1, -0.05) is 0 Å². The van der Waals surface area contributed by atoms with E-state index >= 15 is 0 Å². The molecule has 0 aliphatic carbocycles. The van der Waals surface area contributed by atoms with E-state index in [-0.39, 0.29) is 11.4 Å². The Morgan fingerprint density at radius 1 is 0.970 bits per heavy atom. The summed E-state index contributed by atoms with van der Waals surface area (Å²) in [5, 5.41) is 55.0. The number of ether oxygens (including phenoxy) is 2. The standard InChI is InChI=1S/C20H23NO12/c1-9(22)15(26)16-18(27,10(2)23)20(29,12(4)25)19(28,11(3)24)17(33-16)32-14-7-5-13(6-8-14)21(30)31/h5-8,15-17,26-29H,1-4H3/t15?,16-,17+,18-,19+,20+/m1/s1. The first kappa shape index (κ1) is 26.2. The molecule has 13 heteroatoms. The molecule has 33 heavy (non-hydrogen) atoms. The van der Waals surface area contributed by atoms with E-state index < -0.39 is 63.4 Å². The fourth-order valence-electron chi connectivity index (χ4n) is 3.81. The molecule has 0 aromatic heterocycles. The predicted octanol–water partition coefficient (Wildman–Crippen LogP) is -1.39. The Hall–Kier alpha value is -3.10. The molecule has 180 valence electrons. The third-order valence-electron chi connectivity index (χ3n) is 5.70. The number of rotatable bonds is 8. The van der Waals surface area contributed by atoms with Crippen molar-refractivity contribution in [2.45, 2.75) is 63.0 Å². The van der Waals surface area contributed by atoms with Crippen LogP contribution in [0.4, 0.5) is 5.69 Å². The molecule has 1 aliphatic rings. The minimum Gasteiger partial charge on any atom is -0.461 e. The molecule has 0 bridgehead atoms. The van der Waals surface area contributed by atoms with Gasteiger partial charge in [0.15, 0.2) is 28.7 Å². The van der Waals surface area contributed by atoms with Gasteiger partial charge in [0.05, 0.1) is 4.92 Å². The number of nitro groups is 1. The number of aliphatic hydroxyl groups is 4. The molecule has 1 heterocycles. The molecule has 4 N–H and O–H groups in total. The van der Waals surface area contributed by atoms with Gasteiger partial charge >= 0.3 is 0 Å². The summed E-state index contributed by atoms with van der Waals surface area (Å²) in [4.78, 5) is 59.6. The maximum absolute atomic E-state index is 12.6. The summed E-state index contributed by atoms with van der Waals surface area (Å²) < 4.78 is 10.7. The normalized spacial score (nSPS) is 32.5. The molecule has 6 atom stereocenters. The van der Waals surface area contributed by atoms with Gasteiger partial charge in [0, 0.05) is 12.1 Å². The molecule has 0 spiro atoms. The Labute approximate surface area is 186 Å². The highest BCUT2D eigenvalue weighted by molar-refractivity contribution is 6.05. The van der Waals surface area contributed by atoms with Crippen LogP contribution in [0.2, 0.25) is 0 Å². The van der Waals surface area contributed by atoms with E-state index in [0.717, 1.165) is 31.2 Å². The molecule has 1 saturated heterocycles. The van der Waals surface area contributed by atoms with Crippen molar-refractivity contribution in [1.29, 1.82) is 0 Å². The third kappa shape index (κ3) is 3.73. The molecule has 0 amide bonds. The summed E-state index contributed by atoms with van der Waals surface area (Å²) in [7, 11) is 0. The highest BCUT2D eigenvalue weighted by Gasteiger charge is 2.80. The molecule has 1 fully saturated rings. The van der Waals surface area contributed by atoms with E-state index in [9.17, 15) is 49.7 Å². The first-order valence-electron chi connectivity index (χ1n) is 9.52. The van der Waals surface area contributed by atoms with Crippen LogP contribution in [0.15, 0.2) is 24.3 Å². The summed E-state index contributed by atoms with van der Waals surface area (Å²) >= 11 is 0. The van der Waals surface area contributed by atoms with Gasteiger partial charge in [-0.2, -0.15) is 0 Å². The number of carbonyl (C=O) groups is 4. The van der Waals surface area contributed by atoms with Gasteiger partial charge < -0.3 is 29.9 Å². The average Bonchev–Trinajstić information content (AvgIpc) is 2.73. The number of non-ortho nitro benzene ring substituents is 1. The van der Waals surface area contributed by atoms with Gasteiger partial charge in [0.2, 0.25) is 17.5 Å². The zero-order valence-corrected chi connectivity index (χ0v) is 18.0. The zero-order valence-electron chi connectivity index (χ0n) is 18.0. The number of benzene rings is 1. The molecular formula is C20H23NO12. The van der Waals surface area contributed by atoms with Crippen LogP contribution in [0.1, 0.15) is 27.7 Å². The highest BCUT2D eigenvalue weighted by Crippen LogP contribution is 2.48. The van der Waals surface area contributed by atoms with Gasteiger partial charge in [-0.15, -0.1) is 0 Å². The third-order valence-corrected chi connectivity index (χ3v) is 5.70. The maximum atomic E-state index is 12.6. The second kappa shape index (κ2) is 8.68. The second-order valence-corrected chi connectivity index (χ2v) is 7.72. The topological polar surface area (TPSA) is 211 Å². The molecule has 1 aliphatic heterocycles. The summed E-state index contributed by atoms with van der Waals surface area (Å²) in [6, 6.07) is 4.07. The maximum Gasteiger partial charge on any atom is 0.269 e. The summed E-state index contributed by atoms with van der Waals surface area (Å²) in [5.74, 6) is -5.56. The van der Waals surface area contributed by atoms with Crippen molar-refractivity contribution in [3.63, 3.8) is 0 Å². The lowest BCUT2D eigenvalue weighted by atomic mass is 9.60. The van der Waals surface area contributed by atoms with Gasteiger partial charge in [0.1, 0.15) is 18.0 Å². The quantitative estimate of drug-likeness (QED) is 0.256. The van der Waals surface area contributed by atoms with Crippen molar-refractivity contribution < 1.29 is 54.0 Å². The Morgan fingerprint density at radius 3 is 1.82 bits per heavy atom. The minimum absolute atomic E-state index is 0.263. The van der Waals surface area contributed by atoms with Crippen molar-refractivity contribution in [3.05, 3.63) is 34.4 Å². The molecular weight excluding hydrogens is 446 g/mol. The van der Waals surface area contributed by atoms with Gasteiger partial charge in [-0.25, -0.2) is 0 Å². The summed E-state index contributed by atoms with van der Waals surface area (Å²) in [5.41, 5.74) is -10.9. The highest BCUT2D eigenvalue weighted by atomic mass is 16.7. The second-order valence-electron chi connectivity index (χ2n) is 7.72. The van der Waals surface area contributed by atoms with Crippen molar-refractivity contribution >= 4 is 28.8 Å². The van der Waals surface area contributed by atoms with E-state index in [0.29, 0.717) is 20.8 Å². The van der Waals surface area contributed by atoms with Crippen LogP contribution in [0.5, 0.6) is 5.75 Å². The van der Waals surface area contributed by atoms with E-state index in [1.807, 2.05) is 0 Å². The average molecular weight is 469 g/mol. The van der Waals surface area contributed by atoms with Crippen molar-refractivity contribution in [3.8, 4) is 5.75 Å². The lowest BCUT2D eigenvalue weighted by molar-refractivity contribution is -0.385. The molecule has 1 unspecified atom stereocenters. The summed E-state index contributed by atoms with van der Waals surface area (Å²) in [6.07, 6.45) is -7.02. The fraction of sp³-hybridized carbons (Fsp3) is 0.500. The largest absolute Gasteiger partial charge is 0.461 e. The molecule has 1 aromatic carbocycles. The van der Waals surface area contributed by atoms with E-state index in [4.69, 9.17) is 9.47 Å². The zero-order chi connectivity index (χ0) is 25.5. The lowest BCUT2D eigenvalue weighted by Crippen LogP contribution is -2.87. The smallest absolute Gasteiger partial charge is 0.269 e. The van der Waals surface area contributed by atoms with E-state index in [1.165, 1.54) is 0 Å². The fourth-order valence-corrected chi connectivity index (χ4v) is 3.81. The SMILES string of the molecule is CC(=O)C(O)[C@H]1O[C@H](Oc2ccc([N+](=O)[O-])cc2)[C@@](O)(C(C)=O)[C@](O)(C(C)=O)[C@@]1(O)C(C)=O. The van der Waals surface area contributed by atoms with Crippen LogP contribution >= 0.6 is 0 Å². The minimum atomic E-state index is -3.64. The van der Waals surface area contributed by atoms with Gasteiger partial charge in [-0.3, -0.25) is 29.3 Å². The van der Waals surface area contributed by atoms with Crippen LogP contribution < -0.4 is 4.74 Å². The Kier molecular flexibility index (Phi) is 6.88. The van der Waals surface area contributed by atoms with Crippen LogP contribution in [0.25, 0.3) is 0 Å². The summed E-state index contributed by atoms with van der Waals surface area (Å²) in [6.45, 7) is 2.92. The Bertz CT molecular complexity index is 1010. The number of ketones is 4. The van der Waals surface area contributed by atoms with Gasteiger partial charge in [0.25, 0.3) is 5.69 Å². The Morgan fingerprint density at radius 2 is 1.45 bits per heavy atom. The van der Waals surface area contributed by atoms with Crippen LogP contribution in [0.3, 0.4) is 0 Å². The first-order valence-corrected chi connectivity index (χ1v) is 9.52. The monoisotopic (exact) mass is 469 g/mol. The number of aliphatic hydroxyl groups excluding tert-OH is 1. The molecule has 13 nitrogen and oxygen atoms in total. The number of nitro benzene ring substituents is 1. The Balaban J connectivity index is 2.77. The predicted molar refractivity (Wildman–Crippen MR) is 106 cm³/mol. The van der Waals surface area contributed by atoms with Gasteiger partial charge in [-0.05, 0) is 39.8 Å². The molecule has 1 aromatic rings. The van der Waals surface area contributed by atoms with E-state index in [1.54, 1.807) is 0 Å². The van der Waals surface area contributed by atoms with Crippen molar-refractivity contribution in [2.24, 2.45) is 0 Å². The van der Waals surface area contributed by atoms with Crippen molar-refractivity contribution in [1.82, 2.24) is 0 Å². The number of nitrogens with zero attached hydrogens (tertiary/aromatic N) is 1. The number of hydrogen-bond acceptors (Lipinski definition) is 12. The number of carbonyl (C=O) groups excluding carboxylic acids is 4.